The van der Waals surface area contributed by atoms with Gasteiger partial charge in [0.2, 0.25) is 5.78 Å². The first kappa shape index (κ1) is 19.5. The molecule has 1 saturated heterocycles. The number of carbonyl (C=O) groups excluding carboxylic acids is 2. The number of halogens is 1. The van der Waals surface area contributed by atoms with Crippen LogP contribution in [-0.2, 0) is 4.79 Å². The zero-order chi connectivity index (χ0) is 19.4. The monoisotopic (exact) mass is 390 g/mol. The minimum absolute atomic E-state index is 0.0498. The van der Waals surface area contributed by atoms with Gasteiger partial charge in [-0.25, -0.2) is 0 Å². The minimum Gasteiger partial charge on any atom is -0.478 e. The topological polar surface area (TPSA) is 63.0 Å². The SMILES string of the molecule is CC(C)(Oc1ccc(Cl)cc1)C(=O)N1CCN(CC(=O)c2ccco2)CC1. The van der Waals surface area contributed by atoms with Crippen LogP contribution < -0.4 is 4.74 Å². The van der Waals surface area contributed by atoms with E-state index in [1.807, 2.05) is 4.90 Å². The summed E-state index contributed by atoms with van der Waals surface area (Å²) in [6.45, 7) is 6.19. The van der Waals surface area contributed by atoms with Crippen molar-refractivity contribution >= 4 is 23.3 Å². The van der Waals surface area contributed by atoms with E-state index in [1.165, 1.54) is 6.26 Å². The molecule has 1 amide bonds. The molecular weight excluding hydrogens is 368 g/mol. The molecule has 0 spiro atoms. The number of carbonyl (C=O) groups is 2. The molecule has 0 bridgehead atoms. The highest BCUT2D eigenvalue weighted by Crippen LogP contribution is 2.23. The number of Topliss-reactive ketones (excluding diaryl/α,β-unsaturated/α-hetero) is 1. The number of nitrogens with zero attached hydrogens (tertiary/aromatic N) is 2. The van der Waals surface area contributed by atoms with Crippen molar-refractivity contribution in [2.24, 2.45) is 0 Å². The van der Waals surface area contributed by atoms with Gasteiger partial charge in [-0.1, -0.05) is 11.6 Å². The predicted molar refractivity (Wildman–Crippen MR) is 102 cm³/mol. The third kappa shape index (κ3) is 4.90. The second kappa shape index (κ2) is 8.15. The Hall–Kier alpha value is -2.31. The van der Waals surface area contributed by atoms with E-state index in [2.05, 4.69) is 0 Å². The Morgan fingerprint density at radius 3 is 2.37 bits per heavy atom. The van der Waals surface area contributed by atoms with Crippen LogP contribution in [0.5, 0.6) is 5.75 Å². The summed E-state index contributed by atoms with van der Waals surface area (Å²) in [4.78, 5) is 28.8. The van der Waals surface area contributed by atoms with E-state index < -0.39 is 5.60 Å². The third-order valence-corrected chi connectivity index (χ3v) is 4.78. The van der Waals surface area contributed by atoms with Gasteiger partial charge in [0.25, 0.3) is 5.91 Å². The summed E-state index contributed by atoms with van der Waals surface area (Å²) in [5.41, 5.74) is -0.986. The lowest BCUT2D eigenvalue weighted by Crippen LogP contribution is -2.56. The van der Waals surface area contributed by atoms with Crippen molar-refractivity contribution in [3.8, 4) is 5.75 Å². The molecule has 1 fully saturated rings. The second-order valence-electron chi connectivity index (χ2n) is 7.04. The smallest absolute Gasteiger partial charge is 0.266 e. The number of benzene rings is 1. The molecule has 3 rings (SSSR count). The highest BCUT2D eigenvalue weighted by atomic mass is 35.5. The Balaban J connectivity index is 1.52. The highest BCUT2D eigenvalue weighted by Gasteiger charge is 2.36. The molecule has 2 heterocycles. The van der Waals surface area contributed by atoms with Crippen molar-refractivity contribution in [2.75, 3.05) is 32.7 Å². The first-order valence-electron chi connectivity index (χ1n) is 8.88. The first-order valence-corrected chi connectivity index (χ1v) is 9.26. The molecule has 1 aromatic carbocycles. The van der Waals surface area contributed by atoms with Crippen LogP contribution in [0.3, 0.4) is 0 Å². The second-order valence-corrected chi connectivity index (χ2v) is 7.47. The van der Waals surface area contributed by atoms with Crippen LogP contribution >= 0.6 is 11.6 Å². The fraction of sp³-hybridized carbons (Fsp3) is 0.400. The number of amides is 1. The number of ether oxygens (including phenoxy) is 1. The van der Waals surface area contributed by atoms with Crippen LogP contribution in [0.4, 0.5) is 0 Å². The van der Waals surface area contributed by atoms with Crippen LogP contribution in [0, 0.1) is 0 Å². The van der Waals surface area contributed by atoms with E-state index >= 15 is 0 Å². The molecule has 144 valence electrons. The molecular formula is C20H23ClN2O4. The molecule has 0 aliphatic carbocycles. The number of furan rings is 1. The maximum Gasteiger partial charge on any atom is 0.266 e. The fourth-order valence-electron chi connectivity index (χ4n) is 3.05. The molecule has 0 unspecified atom stereocenters. The zero-order valence-electron chi connectivity index (χ0n) is 15.5. The Morgan fingerprint density at radius 2 is 1.78 bits per heavy atom. The molecule has 27 heavy (non-hydrogen) atoms. The number of rotatable bonds is 6. The van der Waals surface area contributed by atoms with Gasteiger partial charge in [0, 0.05) is 31.2 Å². The van der Waals surface area contributed by atoms with Crippen molar-refractivity contribution in [3.05, 3.63) is 53.4 Å². The zero-order valence-corrected chi connectivity index (χ0v) is 16.2. The largest absolute Gasteiger partial charge is 0.478 e. The van der Waals surface area contributed by atoms with Crippen LogP contribution in [0.2, 0.25) is 5.02 Å². The average Bonchev–Trinajstić information content (AvgIpc) is 3.18. The van der Waals surface area contributed by atoms with E-state index in [4.69, 9.17) is 20.8 Å². The van der Waals surface area contributed by atoms with Crippen molar-refractivity contribution in [1.29, 1.82) is 0 Å². The van der Waals surface area contributed by atoms with E-state index in [0.717, 1.165) is 0 Å². The molecule has 1 aromatic heterocycles. The Morgan fingerprint density at radius 1 is 1.11 bits per heavy atom. The molecule has 0 N–H and O–H groups in total. The summed E-state index contributed by atoms with van der Waals surface area (Å²) < 4.78 is 11.0. The molecule has 0 radical (unpaired) electrons. The average molecular weight is 391 g/mol. The molecule has 7 heteroatoms. The molecule has 6 nitrogen and oxygen atoms in total. The summed E-state index contributed by atoms with van der Waals surface area (Å²) >= 11 is 5.88. The van der Waals surface area contributed by atoms with Crippen LogP contribution in [0.25, 0.3) is 0 Å². The van der Waals surface area contributed by atoms with E-state index in [9.17, 15) is 9.59 Å². The van der Waals surface area contributed by atoms with Crippen molar-refractivity contribution in [1.82, 2.24) is 9.80 Å². The maximum absolute atomic E-state index is 12.9. The maximum atomic E-state index is 12.9. The number of hydrogen-bond donors (Lipinski definition) is 0. The summed E-state index contributed by atoms with van der Waals surface area (Å²) in [6.07, 6.45) is 1.49. The predicted octanol–water partition coefficient (Wildman–Crippen LogP) is 3.12. The summed E-state index contributed by atoms with van der Waals surface area (Å²) in [6, 6.07) is 10.3. The van der Waals surface area contributed by atoms with Gasteiger partial charge in [-0.15, -0.1) is 0 Å². The molecule has 1 aliphatic heterocycles. The Labute approximate surface area is 163 Å². The van der Waals surface area contributed by atoms with E-state index in [1.54, 1.807) is 55.1 Å². The van der Waals surface area contributed by atoms with Crippen molar-refractivity contribution in [2.45, 2.75) is 19.4 Å². The van der Waals surface area contributed by atoms with E-state index in [-0.39, 0.29) is 11.7 Å². The van der Waals surface area contributed by atoms with Crippen LogP contribution in [0.1, 0.15) is 24.4 Å². The van der Waals surface area contributed by atoms with Gasteiger partial charge in [-0.05, 0) is 50.2 Å². The molecule has 1 aliphatic rings. The van der Waals surface area contributed by atoms with Gasteiger partial charge < -0.3 is 14.1 Å². The van der Waals surface area contributed by atoms with Gasteiger partial charge in [-0.2, -0.15) is 0 Å². The molecule has 0 saturated carbocycles. The minimum atomic E-state index is -0.986. The third-order valence-electron chi connectivity index (χ3n) is 4.52. The first-order chi connectivity index (χ1) is 12.8. The van der Waals surface area contributed by atoms with Gasteiger partial charge >= 0.3 is 0 Å². The van der Waals surface area contributed by atoms with Gasteiger partial charge in [-0.3, -0.25) is 14.5 Å². The van der Waals surface area contributed by atoms with Crippen molar-refractivity contribution in [3.63, 3.8) is 0 Å². The van der Waals surface area contributed by atoms with Crippen molar-refractivity contribution < 1.29 is 18.7 Å². The fourth-order valence-corrected chi connectivity index (χ4v) is 3.17. The normalized spacial score (nSPS) is 15.6. The standard InChI is InChI=1S/C20H23ClN2O4/c1-20(2,27-16-7-5-15(21)6-8-16)19(25)23-11-9-22(10-12-23)14-17(24)18-4-3-13-26-18/h3-8,13H,9-12,14H2,1-2H3. The summed E-state index contributed by atoms with van der Waals surface area (Å²) in [5.74, 6) is 0.840. The van der Waals surface area contributed by atoms with Crippen LogP contribution in [-0.4, -0.2) is 59.8 Å². The number of hydrogen-bond acceptors (Lipinski definition) is 5. The lowest BCUT2D eigenvalue weighted by molar-refractivity contribution is -0.147. The Kier molecular flexibility index (Phi) is 5.87. The summed E-state index contributed by atoms with van der Waals surface area (Å²) in [7, 11) is 0. The molecule has 0 atom stereocenters. The number of ketones is 1. The van der Waals surface area contributed by atoms with Gasteiger partial charge in [0.15, 0.2) is 11.4 Å². The Bertz CT molecular complexity index is 779. The number of piperazine rings is 1. The van der Waals surface area contributed by atoms with Gasteiger partial charge in [0.05, 0.1) is 12.8 Å². The highest BCUT2D eigenvalue weighted by molar-refractivity contribution is 6.30. The molecule has 2 aromatic rings. The quantitative estimate of drug-likeness (QED) is 0.709. The lowest BCUT2D eigenvalue weighted by Gasteiger charge is -2.38. The van der Waals surface area contributed by atoms with E-state index in [0.29, 0.717) is 49.3 Å². The van der Waals surface area contributed by atoms with Crippen LogP contribution in [0.15, 0.2) is 47.1 Å². The lowest BCUT2D eigenvalue weighted by atomic mass is 10.1. The summed E-state index contributed by atoms with van der Waals surface area (Å²) in [5, 5.41) is 0.617. The van der Waals surface area contributed by atoms with Gasteiger partial charge in [0.1, 0.15) is 5.75 Å².